The van der Waals surface area contributed by atoms with Gasteiger partial charge in [0.25, 0.3) is 0 Å². The number of fused-ring (bicyclic) bond motifs is 1. The lowest BCUT2D eigenvalue weighted by Gasteiger charge is -2.28. The Morgan fingerprint density at radius 1 is 1.08 bits per heavy atom. The van der Waals surface area contributed by atoms with E-state index in [0.717, 1.165) is 66.0 Å². The average Bonchev–Trinajstić information content (AvgIpc) is 3.58. The highest BCUT2D eigenvalue weighted by molar-refractivity contribution is 5.91. The van der Waals surface area contributed by atoms with Crippen LogP contribution in [0.15, 0.2) is 54.6 Å². The van der Waals surface area contributed by atoms with Crippen LogP contribution in [0.4, 0.5) is 0 Å². The standard InChI is InChI=1S/C29H33N7O2/c1-5-6-11-25-30-33-28-21(18-26(37)38-29(2,3)4)16-17-24(36(25)28)20-14-12-19(13-15-20)22-9-7-8-10-23(22)27-31-34-35-32-27/h7-10,12-15,18,24H,5-6,11,16-17H2,1-4H3,(H,31,32,34,35). The fourth-order valence-corrected chi connectivity index (χ4v) is 4.93. The number of unbranched alkanes of at least 4 members (excludes halogenated alkanes) is 1. The molecule has 9 heteroatoms. The third-order valence-electron chi connectivity index (χ3n) is 6.62. The van der Waals surface area contributed by atoms with Gasteiger partial charge in [0.2, 0.25) is 5.82 Å². The number of hydrogen-bond acceptors (Lipinski definition) is 7. The largest absolute Gasteiger partial charge is 0.457 e. The van der Waals surface area contributed by atoms with Crippen molar-refractivity contribution in [3.05, 3.63) is 71.8 Å². The van der Waals surface area contributed by atoms with E-state index in [0.29, 0.717) is 5.82 Å². The highest BCUT2D eigenvalue weighted by Crippen LogP contribution is 2.38. The summed E-state index contributed by atoms with van der Waals surface area (Å²) in [6, 6.07) is 16.7. The fraction of sp³-hybridized carbons (Fsp3) is 0.379. The third-order valence-corrected chi connectivity index (χ3v) is 6.62. The number of hydrogen-bond donors (Lipinski definition) is 1. The highest BCUT2D eigenvalue weighted by Gasteiger charge is 2.30. The van der Waals surface area contributed by atoms with E-state index in [1.165, 1.54) is 5.56 Å². The lowest BCUT2D eigenvalue weighted by atomic mass is 9.91. The second-order valence-electron chi connectivity index (χ2n) is 10.6. The van der Waals surface area contributed by atoms with Crippen molar-refractivity contribution >= 4 is 11.5 Å². The molecule has 0 radical (unpaired) electrons. The number of allylic oxidation sites excluding steroid dienone is 1. The molecule has 0 amide bonds. The van der Waals surface area contributed by atoms with Gasteiger partial charge in [0.1, 0.15) is 11.4 Å². The number of rotatable bonds is 7. The maximum atomic E-state index is 12.6. The van der Waals surface area contributed by atoms with E-state index in [-0.39, 0.29) is 12.0 Å². The first kappa shape index (κ1) is 25.5. The minimum Gasteiger partial charge on any atom is -0.457 e. The molecule has 0 bridgehead atoms. The van der Waals surface area contributed by atoms with E-state index in [9.17, 15) is 4.79 Å². The summed E-state index contributed by atoms with van der Waals surface area (Å²) in [5.41, 5.74) is 4.55. The molecule has 0 aliphatic carbocycles. The van der Waals surface area contributed by atoms with Crippen LogP contribution in [0, 0.1) is 0 Å². The van der Waals surface area contributed by atoms with E-state index < -0.39 is 5.60 Å². The number of tetrazole rings is 1. The molecule has 3 heterocycles. The van der Waals surface area contributed by atoms with Gasteiger partial charge in [-0.1, -0.05) is 61.9 Å². The quantitative estimate of drug-likeness (QED) is 0.255. The van der Waals surface area contributed by atoms with E-state index >= 15 is 0 Å². The average molecular weight is 512 g/mol. The normalized spacial score (nSPS) is 16.4. The topological polar surface area (TPSA) is 111 Å². The molecule has 0 spiro atoms. The molecule has 4 aromatic rings. The number of aryl methyl sites for hydroxylation is 1. The number of ether oxygens (including phenoxy) is 1. The zero-order valence-corrected chi connectivity index (χ0v) is 22.3. The van der Waals surface area contributed by atoms with E-state index in [1.54, 1.807) is 6.08 Å². The molecule has 1 atom stereocenters. The molecular formula is C29H33N7O2. The lowest BCUT2D eigenvalue weighted by Crippen LogP contribution is -2.24. The second-order valence-corrected chi connectivity index (χ2v) is 10.6. The number of H-pyrrole nitrogens is 1. The van der Waals surface area contributed by atoms with Gasteiger partial charge in [0, 0.05) is 23.6 Å². The zero-order valence-electron chi connectivity index (χ0n) is 22.3. The highest BCUT2D eigenvalue weighted by atomic mass is 16.6. The zero-order chi connectivity index (χ0) is 26.7. The van der Waals surface area contributed by atoms with Gasteiger partial charge >= 0.3 is 5.97 Å². The molecule has 1 aliphatic heterocycles. The van der Waals surface area contributed by atoms with Crippen molar-refractivity contribution in [2.24, 2.45) is 0 Å². The van der Waals surface area contributed by atoms with Crippen LogP contribution in [0.2, 0.25) is 0 Å². The van der Waals surface area contributed by atoms with Crippen molar-refractivity contribution in [2.75, 3.05) is 0 Å². The molecule has 0 saturated heterocycles. The van der Waals surface area contributed by atoms with Gasteiger partial charge in [0.15, 0.2) is 5.82 Å². The number of carbonyl (C=O) groups excluding carboxylic acids is 1. The van der Waals surface area contributed by atoms with Gasteiger partial charge < -0.3 is 9.30 Å². The van der Waals surface area contributed by atoms with Crippen molar-refractivity contribution in [1.29, 1.82) is 0 Å². The molecule has 0 saturated carbocycles. The minimum absolute atomic E-state index is 0.0872. The number of benzene rings is 2. The molecule has 1 aliphatic rings. The number of aromatic nitrogens is 7. The summed E-state index contributed by atoms with van der Waals surface area (Å²) >= 11 is 0. The first-order chi connectivity index (χ1) is 18.3. The molecule has 9 nitrogen and oxygen atoms in total. The lowest BCUT2D eigenvalue weighted by molar-refractivity contribution is -0.148. The summed E-state index contributed by atoms with van der Waals surface area (Å²) in [4.78, 5) is 12.6. The van der Waals surface area contributed by atoms with Crippen molar-refractivity contribution < 1.29 is 9.53 Å². The molecule has 196 valence electrons. The monoisotopic (exact) mass is 511 g/mol. The van der Waals surface area contributed by atoms with Gasteiger partial charge in [-0.3, -0.25) is 0 Å². The molecular weight excluding hydrogens is 478 g/mol. The minimum atomic E-state index is -0.546. The Morgan fingerprint density at radius 3 is 2.53 bits per heavy atom. The Kier molecular flexibility index (Phi) is 7.18. The van der Waals surface area contributed by atoms with Crippen LogP contribution >= 0.6 is 0 Å². The number of esters is 1. The van der Waals surface area contributed by atoms with Crippen LogP contribution in [0.1, 0.15) is 76.6 Å². The summed E-state index contributed by atoms with van der Waals surface area (Å²) in [6.45, 7) is 7.78. The van der Waals surface area contributed by atoms with Crippen molar-refractivity contribution in [3.8, 4) is 22.5 Å². The van der Waals surface area contributed by atoms with E-state index in [1.807, 2.05) is 39.0 Å². The summed E-state index contributed by atoms with van der Waals surface area (Å²) < 4.78 is 7.76. The van der Waals surface area contributed by atoms with Crippen LogP contribution in [-0.4, -0.2) is 47.0 Å². The first-order valence-corrected chi connectivity index (χ1v) is 13.1. The first-order valence-electron chi connectivity index (χ1n) is 13.1. The molecule has 1 N–H and O–H groups in total. The number of aromatic amines is 1. The fourth-order valence-electron chi connectivity index (χ4n) is 4.93. The molecule has 2 aromatic carbocycles. The molecule has 2 aromatic heterocycles. The molecule has 1 unspecified atom stereocenters. The van der Waals surface area contributed by atoms with Crippen molar-refractivity contribution in [2.45, 2.75) is 71.4 Å². The Balaban J connectivity index is 1.48. The Hall–Kier alpha value is -4.14. The van der Waals surface area contributed by atoms with Crippen LogP contribution in [0.25, 0.3) is 28.1 Å². The van der Waals surface area contributed by atoms with Crippen molar-refractivity contribution in [3.63, 3.8) is 0 Å². The Bertz CT molecular complexity index is 1430. The van der Waals surface area contributed by atoms with Crippen LogP contribution in [0.3, 0.4) is 0 Å². The van der Waals surface area contributed by atoms with Crippen LogP contribution < -0.4 is 0 Å². The number of nitrogens with one attached hydrogen (secondary N) is 1. The number of carbonyl (C=O) groups is 1. The molecule has 0 fully saturated rings. The third kappa shape index (κ3) is 5.41. The SMILES string of the molecule is CCCCc1nnc2n1C(c1ccc(-c3ccccc3-c3nn[nH]n3)cc1)CCC2=CC(=O)OC(C)(C)C. The second kappa shape index (κ2) is 10.7. The van der Waals surface area contributed by atoms with Gasteiger partial charge in [-0.2, -0.15) is 5.21 Å². The Morgan fingerprint density at radius 2 is 1.84 bits per heavy atom. The van der Waals surface area contributed by atoms with Gasteiger partial charge in [-0.15, -0.1) is 20.4 Å². The molecule has 38 heavy (non-hydrogen) atoms. The predicted octanol–water partition coefficient (Wildman–Crippen LogP) is 5.58. The smallest absolute Gasteiger partial charge is 0.331 e. The van der Waals surface area contributed by atoms with Crippen LogP contribution in [0.5, 0.6) is 0 Å². The Labute approximate surface area is 222 Å². The summed E-state index contributed by atoms with van der Waals surface area (Å²) in [7, 11) is 0. The predicted molar refractivity (Wildman–Crippen MR) is 145 cm³/mol. The maximum Gasteiger partial charge on any atom is 0.331 e. The molecule has 5 rings (SSSR count). The van der Waals surface area contributed by atoms with Gasteiger partial charge in [-0.25, -0.2) is 4.79 Å². The van der Waals surface area contributed by atoms with E-state index in [4.69, 9.17) is 4.74 Å². The summed E-state index contributed by atoms with van der Waals surface area (Å²) in [6.07, 6.45) is 6.10. The summed E-state index contributed by atoms with van der Waals surface area (Å²) in [5.74, 6) is 1.93. The van der Waals surface area contributed by atoms with Crippen molar-refractivity contribution in [1.82, 2.24) is 35.4 Å². The number of nitrogens with zero attached hydrogens (tertiary/aromatic N) is 6. The van der Waals surface area contributed by atoms with Crippen LogP contribution in [-0.2, 0) is 16.0 Å². The van der Waals surface area contributed by atoms with E-state index in [2.05, 4.69) is 72.6 Å². The maximum absolute atomic E-state index is 12.6. The summed E-state index contributed by atoms with van der Waals surface area (Å²) in [5, 5.41) is 23.6. The van der Waals surface area contributed by atoms with Gasteiger partial charge in [-0.05, 0) is 61.9 Å². The van der Waals surface area contributed by atoms with Gasteiger partial charge in [0.05, 0.1) is 6.04 Å².